The van der Waals surface area contributed by atoms with Gasteiger partial charge >= 0.3 is 12.2 Å². The van der Waals surface area contributed by atoms with E-state index in [1.807, 2.05) is 9.80 Å². The Morgan fingerprint density at radius 1 is 1.03 bits per heavy atom. The van der Waals surface area contributed by atoms with E-state index in [4.69, 9.17) is 4.74 Å². The molecule has 1 N–H and O–H groups in total. The molecule has 32 heavy (non-hydrogen) atoms. The van der Waals surface area contributed by atoms with Gasteiger partial charge in [-0.15, -0.1) is 0 Å². The number of nitrogens with zero attached hydrogens (tertiary/aromatic N) is 3. The highest BCUT2D eigenvalue weighted by Crippen LogP contribution is 2.38. The zero-order valence-corrected chi connectivity index (χ0v) is 18.2. The minimum Gasteiger partial charge on any atom is -0.366 e. The van der Waals surface area contributed by atoms with Gasteiger partial charge in [-0.25, -0.2) is 9.10 Å². The predicted molar refractivity (Wildman–Crippen MR) is 111 cm³/mol. The van der Waals surface area contributed by atoms with Crippen LogP contribution in [0.4, 0.5) is 18.0 Å². The lowest BCUT2D eigenvalue weighted by atomic mass is 10.0. The molecule has 4 atom stereocenters. The van der Waals surface area contributed by atoms with E-state index in [9.17, 15) is 22.8 Å². The molecule has 0 saturated carbocycles. The quantitative estimate of drug-likeness (QED) is 0.672. The van der Waals surface area contributed by atoms with Crippen LogP contribution in [0.25, 0.3) is 0 Å². The maximum Gasteiger partial charge on any atom is 0.416 e. The van der Waals surface area contributed by atoms with Crippen LogP contribution in [0.1, 0.15) is 12.0 Å². The number of urea groups is 1. The largest absolute Gasteiger partial charge is 0.416 e. The standard InChI is InChI=1S/C21H25F3N4O3S/c22-21(23,24)15-1-3-16(4-2-15)32-28-9-13-7-27(8-14(13)10-28)20(30)26-6-5-18-17(11-26)25-19(29)12-31-18/h1-4,13-14,17-18H,5-12H2,(H,25,29)/t13?,14?,17-,18+/m1/s1. The molecule has 0 radical (unpaired) electrons. The number of benzene rings is 1. The van der Waals surface area contributed by atoms with E-state index in [-0.39, 0.29) is 30.7 Å². The Kier molecular flexibility index (Phi) is 5.75. The number of ether oxygens (including phenoxy) is 1. The molecule has 2 unspecified atom stereocenters. The van der Waals surface area contributed by atoms with Crippen molar-refractivity contribution in [3.05, 3.63) is 29.8 Å². The number of alkyl halides is 3. The summed E-state index contributed by atoms with van der Waals surface area (Å²) in [5.74, 6) is 0.578. The summed E-state index contributed by atoms with van der Waals surface area (Å²) in [6.45, 7) is 4.14. The molecule has 4 heterocycles. The number of rotatable bonds is 2. The number of hydrogen-bond donors (Lipinski definition) is 1. The van der Waals surface area contributed by atoms with Gasteiger partial charge in [-0.3, -0.25) is 4.79 Å². The van der Waals surface area contributed by atoms with Gasteiger partial charge in [0.15, 0.2) is 0 Å². The Bertz CT molecular complexity index is 870. The van der Waals surface area contributed by atoms with Crippen molar-refractivity contribution in [1.82, 2.24) is 19.4 Å². The molecule has 11 heteroatoms. The van der Waals surface area contributed by atoms with Gasteiger partial charge in [0.25, 0.3) is 0 Å². The third-order valence-electron chi connectivity index (χ3n) is 6.73. The number of carbonyl (C=O) groups excluding carboxylic acids is 2. The normalized spacial score (nSPS) is 30.8. The summed E-state index contributed by atoms with van der Waals surface area (Å²) in [6.07, 6.45) is -3.63. The molecular formula is C21H25F3N4O3S. The molecule has 4 aliphatic rings. The number of hydrogen-bond acceptors (Lipinski definition) is 5. The molecule has 0 spiro atoms. The molecule has 5 rings (SSSR count). The number of fused-ring (bicyclic) bond motifs is 2. The van der Waals surface area contributed by atoms with E-state index >= 15 is 0 Å². The smallest absolute Gasteiger partial charge is 0.366 e. The molecule has 1 aromatic carbocycles. The van der Waals surface area contributed by atoms with Crippen molar-refractivity contribution in [1.29, 1.82) is 0 Å². The molecule has 0 aliphatic carbocycles. The van der Waals surface area contributed by atoms with E-state index in [2.05, 4.69) is 9.62 Å². The van der Waals surface area contributed by atoms with Gasteiger partial charge in [-0.1, -0.05) is 0 Å². The van der Waals surface area contributed by atoms with Crippen molar-refractivity contribution < 1.29 is 27.5 Å². The highest BCUT2D eigenvalue weighted by molar-refractivity contribution is 7.97. The van der Waals surface area contributed by atoms with Crippen molar-refractivity contribution in [2.75, 3.05) is 45.9 Å². The average Bonchev–Trinajstić information content (AvgIpc) is 3.31. The lowest BCUT2D eigenvalue weighted by Gasteiger charge is -2.42. The third-order valence-corrected chi connectivity index (χ3v) is 7.77. The number of likely N-dealkylation sites (tertiary alicyclic amines) is 2. The molecule has 4 fully saturated rings. The first-order chi connectivity index (χ1) is 15.3. The molecule has 174 valence electrons. The fourth-order valence-electron chi connectivity index (χ4n) is 5.11. The van der Waals surface area contributed by atoms with E-state index in [1.165, 1.54) is 24.1 Å². The zero-order chi connectivity index (χ0) is 22.5. The summed E-state index contributed by atoms with van der Waals surface area (Å²) < 4.78 is 46.0. The lowest BCUT2D eigenvalue weighted by Crippen LogP contribution is -2.62. The van der Waals surface area contributed by atoms with Crippen LogP contribution in [0.3, 0.4) is 0 Å². The second kappa shape index (κ2) is 8.42. The van der Waals surface area contributed by atoms with Gasteiger partial charge in [0, 0.05) is 44.2 Å². The maximum atomic E-state index is 13.1. The van der Waals surface area contributed by atoms with E-state index in [1.54, 1.807) is 0 Å². The van der Waals surface area contributed by atoms with Crippen LogP contribution in [0.5, 0.6) is 0 Å². The highest BCUT2D eigenvalue weighted by Gasteiger charge is 2.44. The first-order valence-corrected chi connectivity index (χ1v) is 11.6. The van der Waals surface area contributed by atoms with Crippen LogP contribution < -0.4 is 5.32 Å². The zero-order valence-electron chi connectivity index (χ0n) is 17.4. The van der Waals surface area contributed by atoms with Crippen molar-refractivity contribution >= 4 is 23.9 Å². The molecule has 4 aliphatic heterocycles. The number of amides is 3. The van der Waals surface area contributed by atoms with E-state index in [0.717, 1.165) is 36.5 Å². The Labute approximate surface area is 188 Å². The predicted octanol–water partition coefficient (Wildman–Crippen LogP) is 2.29. The van der Waals surface area contributed by atoms with E-state index < -0.39 is 11.7 Å². The number of morpholine rings is 1. The van der Waals surface area contributed by atoms with Gasteiger partial charge < -0.3 is 19.9 Å². The fraction of sp³-hybridized carbons (Fsp3) is 0.619. The van der Waals surface area contributed by atoms with Crippen LogP contribution in [-0.4, -0.2) is 84.1 Å². The summed E-state index contributed by atoms with van der Waals surface area (Å²) in [7, 11) is 0. The maximum absolute atomic E-state index is 13.1. The molecule has 0 aromatic heterocycles. The summed E-state index contributed by atoms with van der Waals surface area (Å²) in [6, 6.07) is 5.11. The van der Waals surface area contributed by atoms with Crippen LogP contribution in [0.2, 0.25) is 0 Å². The molecule has 0 bridgehead atoms. The number of carbonyl (C=O) groups is 2. The number of piperidine rings is 1. The SMILES string of the molecule is O=C1CO[C@H]2CCN(C(=O)N3CC4CN(Sc5ccc(C(F)(F)F)cc5)CC4C3)C[C@H]2N1. The molecule has 1 aromatic rings. The Morgan fingerprint density at radius 3 is 2.38 bits per heavy atom. The first-order valence-electron chi connectivity index (χ1n) is 10.8. The Morgan fingerprint density at radius 2 is 1.72 bits per heavy atom. The summed E-state index contributed by atoms with van der Waals surface area (Å²) in [4.78, 5) is 29.2. The molecular weight excluding hydrogens is 445 g/mol. The minimum absolute atomic E-state index is 0.0135. The van der Waals surface area contributed by atoms with Crippen molar-refractivity contribution in [3.8, 4) is 0 Å². The fourth-order valence-corrected chi connectivity index (χ4v) is 6.20. The number of halogens is 3. The lowest BCUT2D eigenvalue weighted by molar-refractivity contribution is -0.139. The summed E-state index contributed by atoms with van der Waals surface area (Å²) >= 11 is 1.48. The van der Waals surface area contributed by atoms with Crippen LogP contribution in [-0.2, 0) is 15.7 Å². The summed E-state index contributed by atoms with van der Waals surface area (Å²) in [5, 5.41) is 2.93. The van der Waals surface area contributed by atoms with Crippen LogP contribution in [0, 0.1) is 11.8 Å². The van der Waals surface area contributed by atoms with E-state index in [0.29, 0.717) is 38.0 Å². The minimum atomic E-state index is -4.32. The monoisotopic (exact) mass is 470 g/mol. The molecule has 4 saturated heterocycles. The van der Waals surface area contributed by atoms with Crippen molar-refractivity contribution in [3.63, 3.8) is 0 Å². The van der Waals surface area contributed by atoms with Crippen LogP contribution >= 0.6 is 11.9 Å². The van der Waals surface area contributed by atoms with Gasteiger partial charge in [-0.05, 0) is 54.5 Å². The van der Waals surface area contributed by atoms with Gasteiger partial charge in [0.2, 0.25) is 5.91 Å². The molecule has 3 amide bonds. The Hall–Kier alpha value is -1.98. The second-order valence-corrected chi connectivity index (χ2v) is 10.1. The van der Waals surface area contributed by atoms with Crippen molar-refractivity contribution in [2.45, 2.75) is 29.6 Å². The Balaban J connectivity index is 1.12. The van der Waals surface area contributed by atoms with Crippen molar-refractivity contribution in [2.24, 2.45) is 11.8 Å². The average molecular weight is 471 g/mol. The molecule has 7 nitrogen and oxygen atoms in total. The van der Waals surface area contributed by atoms with Gasteiger partial charge in [0.05, 0.1) is 17.7 Å². The third kappa shape index (κ3) is 4.42. The van der Waals surface area contributed by atoms with Gasteiger partial charge in [0.1, 0.15) is 6.61 Å². The van der Waals surface area contributed by atoms with Gasteiger partial charge in [-0.2, -0.15) is 13.2 Å². The van der Waals surface area contributed by atoms with Crippen LogP contribution in [0.15, 0.2) is 29.2 Å². The number of nitrogens with one attached hydrogen (secondary N) is 1. The summed E-state index contributed by atoms with van der Waals surface area (Å²) in [5.41, 5.74) is -0.641. The second-order valence-electron chi connectivity index (χ2n) is 8.93. The topological polar surface area (TPSA) is 65.1 Å². The first kappa shape index (κ1) is 21.8. The highest BCUT2D eigenvalue weighted by atomic mass is 32.2.